The molecule has 25 heavy (non-hydrogen) atoms. The van der Waals surface area contributed by atoms with Gasteiger partial charge in [0.2, 0.25) is 0 Å². The number of hydrogen-bond acceptors (Lipinski definition) is 3. The average molecular weight is 341 g/mol. The Morgan fingerprint density at radius 2 is 1.92 bits per heavy atom. The summed E-state index contributed by atoms with van der Waals surface area (Å²) in [5, 5.41) is 2.57. The van der Waals surface area contributed by atoms with Gasteiger partial charge in [-0.2, -0.15) is 0 Å². The summed E-state index contributed by atoms with van der Waals surface area (Å²) >= 11 is 0. The first-order chi connectivity index (χ1) is 11.9. The molecule has 0 saturated heterocycles. The SMILES string of the molecule is C=CC(=O)N(Cc1cc(C)oc1C)c1cccc(N(C)C(=O)NC)c1. The van der Waals surface area contributed by atoms with Crippen molar-refractivity contribution in [3.05, 3.63) is 60.1 Å². The van der Waals surface area contributed by atoms with Crippen molar-refractivity contribution in [2.45, 2.75) is 20.4 Å². The number of anilines is 2. The van der Waals surface area contributed by atoms with Crippen LogP contribution in [-0.2, 0) is 11.3 Å². The van der Waals surface area contributed by atoms with Gasteiger partial charge in [0, 0.05) is 31.0 Å². The van der Waals surface area contributed by atoms with Crippen LogP contribution >= 0.6 is 0 Å². The lowest BCUT2D eigenvalue weighted by molar-refractivity contribution is -0.114. The smallest absolute Gasteiger partial charge is 0.321 e. The summed E-state index contributed by atoms with van der Waals surface area (Å²) in [6, 6.07) is 8.91. The lowest BCUT2D eigenvalue weighted by atomic mass is 10.2. The molecule has 2 aromatic rings. The lowest BCUT2D eigenvalue weighted by Crippen LogP contribution is -2.35. The fraction of sp³-hybridized carbons (Fsp3) is 0.263. The molecule has 132 valence electrons. The second-order valence-corrected chi connectivity index (χ2v) is 5.70. The predicted molar refractivity (Wildman–Crippen MR) is 98.9 cm³/mol. The number of urea groups is 1. The van der Waals surface area contributed by atoms with Crippen molar-refractivity contribution in [3.63, 3.8) is 0 Å². The topological polar surface area (TPSA) is 65.8 Å². The molecule has 0 aliphatic rings. The first-order valence-corrected chi connectivity index (χ1v) is 7.92. The number of furan rings is 1. The van der Waals surface area contributed by atoms with Gasteiger partial charge in [0.15, 0.2) is 0 Å². The maximum absolute atomic E-state index is 12.4. The molecule has 0 fully saturated rings. The van der Waals surface area contributed by atoms with E-state index in [0.717, 1.165) is 17.1 Å². The van der Waals surface area contributed by atoms with Crippen molar-refractivity contribution in [1.29, 1.82) is 0 Å². The number of hydrogen-bond donors (Lipinski definition) is 1. The normalized spacial score (nSPS) is 10.2. The van der Waals surface area contributed by atoms with Gasteiger partial charge in [0.05, 0.1) is 6.54 Å². The Morgan fingerprint density at radius 3 is 2.48 bits per heavy atom. The van der Waals surface area contributed by atoms with Crippen LogP contribution in [0.2, 0.25) is 0 Å². The van der Waals surface area contributed by atoms with E-state index in [1.807, 2.05) is 32.0 Å². The van der Waals surface area contributed by atoms with Gasteiger partial charge in [-0.25, -0.2) is 4.79 Å². The van der Waals surface area contributed by atoms with E-state index in [-0.39, 0.29) is 11.9 Å². The third-order valence-electron chi connectivity index (χ3n) is 3.96. The summed E-state index contributed by atoms with van der Waals surface area (Å²) in [4.78, 5) is 27.3. The Hall–Kier alpha value is -3.02. The fourth-order valence-corrected chi connectivity index (χ4v) is 2.57. The minimum Gasteiger partial charge on any atom is -0.466 e. The molecule has 0 aliphatic heterocycles. The van der Waals surface area contributed by atoms with E-state index in [1.54, 1.807) is 31.1 Å². The Balaban J connectivity index is 2.38. The van der Waals surface area contributed by atoms with Crippen molar-refractivity contribution in [1.82, 2.24) is 5.32 Å². The minimum atomic E-state index is -0.236. The summed E-state index contributed by atoms with van der Waals surface area (Å²) < 4.78 is 5.55. The second kappa shape index (κ2) is 7.70. The molecule has 0 aliphatic carbocycles. The van der Waals surface area contributed by atoms with E-state index in [0.29, 0.717) is 17.9 Å². The molecule has 0 spiro atoms. The molecule has 0 radical (unpaired) electrons. The van der Waals surface area contributed by atoms with Crippen LogP contribution in [0.25, 0.3) is 0 Å². The summed E-state index contributed by atoms with van der Waals surface area (Å²) in [7, 11) is 3.24. The molecule has 6 heteroatoms. The number of carbonyl (C=O) groups excluding carboxylic acids is 2. The third kappa shape index (κ3) is 4.09. The molecule has 1 N–H and O–H groups in total. The molecule has 0 bridgehead atoms. The van der Waals surface area contributed by atoms with E-state index in [2.05, 4.69) is 11.9 Å². The number of nitrogens with zero attached hydrogens (tertiary/aromatic N) is 2. The molecule has 1 aromatic carbocycles. The monoisotopic (exact) mass is 341 g/mol. The number of rotatable bonds is 5. The zero-order chi connectivity index (χ0) is 18.6. The highest BCUT2D eigenvalue weighted by atomic mass is 16.3. The molecule has 6 nitrogen and oxygen atoms in total. The van der Waals surface area contributed by atoms with Crippen LogP contribution in [-0.4, -0.2) is 26.0 Å². The number of benzene rings is 1. The van der Waals surface area contributed by atoms with Crippen LogP contribution in [0, 0.1) is 13.8 Å². The van der Waals surface area contributed by atoms with Crippen LogP contribution in [0.15, 0.2) is 47.4 Å². The van der Waals surface area contributed by atoms with E-state index in [1.165, 1.54) is 11.0 Å². The zero-order valence-electron chi connectivity index (χ0n) is 15.0. The highest BCUT2D eigenvalue weighted by Crippen LogP contribution is 2.25. The summed E-state index contributed by atoms with van der Waals surface area (Å²) in [6.07, 6.45) is 1.28. The molecule has 1 aromatic heterocycles. The highest BCUT2D eigenvalue weighted by molar-refractivity contribution is 6.01. The van der Waals surface area contributed by atoms with Gasteiger partial charge in [-0.05, 0) is 44.2 Å². The quantitative estimate of drug-likeness (QED) is 0.848. The van der Waals surface area contributed by atoms with E-state index in [4.69, 9.17) is 4.42 Å². The van der Waals surface area contributed by atoms with Crippen LogP contribution in [0.4, 0.5) is 16.2 Å². The van der Waals surface area contributed by atoms with Gasteiger partial charge in [0.1, 0.15) is 11.5 Å². The van der Waals surface area contributed by atoms with Gasteiger partial charge >= 0.3 is 6.03 Å². The molecule has 2 rings (SSSR count). The summed E-state index contributed by atoms with van der Waals surface area (Å²) in [6.45, 7) is 7.69. The van der Waals surface area contributed by atoms with Crippen molar-refractivity contribution in [2.24, 2.45) is 0 Å². The van der Waals surface area contributed by atoms with Gasteiger partial charge < -0.3 is 14.6 Å². The predicted octanol–water partition coefficient (Wildman–Crippen LogP) is 3.39. The Kier molecular flexibility index (Phi) is 5.64. The van der Waals surface area contributed by atoms with Crippen molar-refractivity contribution in [3.8, 4) is 0 Å². The maximum Gasteiger partial charge on any atom is 0.321 e. The fourth-order valence-electron chi connectivity index (χ4n) is 2.57. The van der Waals surface area contributed by atoms with Gasteiger partial charge in [-0.15, -0.1) is 0 Å². The summed E-state index contributed by atoms with van der Waals surface area (Å²) in [5.74, 6) is 1.35. The van der Waals surface area contributed by atoms with Crippen molar-refractivity contribution < 1.29 is 14.0 Å². The number of aryl methyl sites for hydroxylation is 2. The molecule has 1 heterocycles. The largest absolute Gasteiger partial charge is 0.466 e. The zero-order valence-corrected chi connectivity index (χ0v) is 15.0. The molecule has 3 amide bonds. The Labute approximate surface area is 147 Å². The molecule has 0 atom stereocenters. The molecule has 0 saturated carbocycles. The Morgan fingerprint density at radius 1 is 1.24 bits per heavy atom. The van der Waals surface area contributed by atoms with Crippen LogP contribution in [0.3, 0.4) is 0 Å². The number of carbonyl (C=O) groups is 2. The minimum absolute atomic E-state index is 0.224. The number of amides is 3. The maximum atomic E-state index is 12.4. The van der Waals surface area contributed by atoms with Crippen LogP contribution in [0.5, 0.6) is 0 Å². The van der Waals surface area contributed by atoms with Gasteiger partial charge in [0.25, 0.3) is 5.91 Å². The van der Waals surface area contributed by atoms with Crippen LogP contribution < -0.4 is 15.1 Å². The first kappa shape index (κ1) is 18.3. The third-order valence-corrected chi connectivity index (χ3v) is 3.96. The first-order valence-electron chi connectivity index (χ1n) is 7.92. The highest BCUT2D eigenvalue weighted by Gasteiger charge is 2.18. The average Bonchev–Trinajstić information content (AvgIpc) is 2.94. The van der Waals surface area contributed by atoms with Crippen molar-refractivity contribution >= 4 is 23.3 Å². The number of nitrogens with one attached hydrogen (secondary N) is 1. The molecular weight excluding hydrogens is 318 g/mol. The Bertz CT molecular complexity index is 795. The van der Waals surface area contributed by atoms with E-state index < -0.39 is 0 Å². The standard InChI is InChI=1S/C19H23N3O3/c1-6-18(23)22(12-15-10-13(2)25-14(15)3)17-9-7-8-16(11-17)21(5)19(24)20-4/h6-11H,1,12H2,2-5H3,(H,20,24). The second-order valence-electron chi connectivity index (χ2n) is 5.70. The van der Waals surface area contributed by atoms with Gasteiger partial charge in [-0.1, -0.05) is 12.6 Å². The van der Waals surface area contributed by atoms with E-state index in [9.17, 15) is 9.59 Å². The van der Waals surface area contributed by atoms with E-state index >= 15 is 0 Å². The molecular formula is C19H23N3O3. The van der Waals surface area contributed by atoms with Crippen molar-refractivity contribution in [2.75, 3.05) is 23.9 Å². The van der Waals surface area contributed by atoms with Gasteiger partial charge in [-0.3, -0.25) is 9.69 Å². The lowest BCUT2D eigenvalue weighted by Gasteiger charge is -2.23. The molecule has 0 unspecified atom stereocenters. The van der Waals surface area contributed by atoms with Crippen LogP contribution in [0.1, 0.15) is 17.1 Å². The summed E-state index contributed by atoms with van der Waals surface area (Å²) in [5.41, 5.74) is 2.29.